The number of unbranched alkanes of at least 4 members (excludes halogenated alkanes) is 1. The summed E-state index contributed by atoms with van der Waals surface area (Å²) in [5.74, 6) is -4.82. The summed E-state index contributed by atoms with van der Waals surface area (Å²) < 4.78 is 55.8. The average Bonchev–Trinajstić information content (AvgIpc) is 3.21. The minimum absolute atomic E-state index is 0.0579. The van der Waals surface area contributed by atoms with E-state index in [1.807, 2.05) is 6.92 Å². The smallest absolute Gasteiger partial charge is 0.406 e. The molecular weight excluding hydrogens is 460 g/mol. The van der Waals surface area contributed by atoms with Crippen molar-refractivity contribution in [1.29, 1.82) is 0 Å². The van der Waals surface area contributed by atoms with Crippen LogP contribution in [-0.4, -0.2) is 36.5 Å². The number of carbonyl (C=O) groups excluding carboxylic acids is 4. The number of halogens is 4. The lowest BCUT2D eigenvalue weighted by Gasteiger charge is -2.23. The van der Waals surface area contributed by atoms with Gasteiger partial charge in [0.1, 0.15) is 11.5 Å². The number of hydrogen-bond donors (Lipinski definition) is 2. The van der Waals surface area contributed by atoms with Crippen LogP contribution in [0.3, 0.4) is 0 Å². The summed E-state index contributed by atoms with van der Waals surface area (Å²) >= 11 is 0. The van der Waals surface area contributed by atoms with Crippen molar-refractivity contribution in [1.82, 2.24) is 5.32 Å². The van der Waals surface area contributed by atoms with Crippen LogP contribution in [0.15, 0.2) is 24.3 Å². The van der Waals surface area contributed by atoms with Gasteiger partial charge in [0.15, 0.2) is 6.17 Å². The maximum Gasteiger partial charge on any atom is 0.573 e. The molecule has 3 amide bonds. The molecule has 0 aromatic heterocycles. The van der Waals surface area contributed by atoms with E-state index in [0.29, 0.717) is 32.1 Å². The zero-order valence-corrected chi connectivity index (χ0v) is 18.7. The Morgan fingerprint density at radius 3 is 2.62 bits per heavy atom. The van der Waals surface area contributed by atoms with E-state index in [-0.39, 0.29) is 24.9 Å². The quantitative estimate of drug-likeness (QED) is 0.337. The lowest BCUT2D eigenvalue weighted by atomic mass is 9.83. The van der Waals surface area contributed by atoms with Gasteiger partial charge < -0.3 is 10.1 Å². The topological polar surface area (TPSA) is 102 Å². The molecule has 1 aliphatic carbocycles. The summed E-state index contributed by atoms with van der Waals surface area (Å²) in [5, 5.41) is 4.29. The van der Waals surface area contributed by atoms with Gasteiger partial charge in [0, 0.05) is 24.1 Å². The number of alkyl halides is 4. The zero-order valence-electron chi connectivity index (χ0n) is 18.7. The minimum Gasteiger partial charge on any atom is -0.406 e. The fraction of sp³-hybridized carbons (Fsp3) is 0.565. The standard InChI is InChI=1S/C23H28F4N2O5/c1-2-3-9-18(20(24)22(33)28-13-30)19(31)11-14-6-4-10-17(14)21(32)29-15-7-5-8-16(12-15)34-23(25,26)27/h5,7-8,12-14,17-18,20H,2-4,6,9-11H2,1H3,(H,29,32)(H,28,30,33)/t14?,17?,18-,20?/m0/s1. The Morgan fingerprint density at radius 1 is 1.24 bits per heavy atom. The predicted octanol–water partition coefficient (Wildman–Crippen LogP) is 4.32. The predicted molar refractivity (Wildman–Crippen MR) is 114 cm³/mol. The van der Waals surface area contributed by atoms with Gasteiger partial charge in [-0.25, -0.2) is 4.39 Å². The minimum atomic E-state index is -4.87. The molecule has 11 heteroatoms. The number of imide groups is 1. The van der Waals surface area contributed by atoms with E-state index in [1.54, 1.807) is 5.32 Å². The Labute approximate surface area is 194 Å². The molecule has 1 fully saturated rings. The fourth-order valence-corrected chi connectivity index (χ4v) is 4.26. The molecule has 1 aliphatic rings. The third kappa shape index (κ3) is 8.11. The first-order chi connectivity index (χ1) is 16.1. The van der Waals surface area contributed by atoms with Crippen LogP contribution in [0.1, 0.15) is 51.9 Å². The number of ketones is 1. The van der Waals surface area contributed by atoms with Crippen LogP contribution in [0.25, 0.3) is 0 Å². The summed E-state index contributed by atoms with van der Waals surface area (Å²) in [7, 11) is 0. The molecule has 2 rings (SSSR count). The second kappa shape index (κ2) is 12.5. The molecule has 1 aromatic rings. The van der Waals surface area contributed by atoms with E-state index in [0.717, 1.165) is 12.1 Å². The number of amides is 3. The van der Waals surface area contributed by atoms with Gasteiger partial charge >= 0.3 is 6.36 Å². The molecule has 0 spiro atoms. The van der Waals surface area contributed by atoms with Crippen molar-refractivity contribution < 1.29 is 41.5 Å². The molecule has 1 saturated carbocycles. The highest BCUT2D eigenvalue weighted by atomic mass is 19.4. The molecule has 4 atom stereocenters. The summed E-state index contributed by atoms with van der Waals surface area (Å²) in [5.41, 5.74) is 0.110. The SMILES string of the molecule is CCCC[C@@H](C(=O)CC1CCCC1C(=O)Nc1cccc(OC(F)(F)F)c1)C(F)C(=O)NC=O. The molecule has 0 aliphatic heterocycles. The molecule has 34 heavy (non-hydrogen) atoms. The summed E-state index contributed by atoms with van der Waals surface area (Å²) in [6, 6.07) is 4.86. The molecule has 3 unspecified atom stereocenters. The van der Waals surface area contributed by atoms with Gasteiger partial charge in [-0.15, -0.1) is 13.2 Å². The van der Waals surface area contributed by atoms with Crippen molar-refractivity contribution >= 4 is 29.7 Å². The second-order valence-electron chi connectivity index (χ2n) is 8.31. The molecule has 0 saturated heterocycles. The molecule has 0 heterocycles. The van der Waals surface area contributed by atoms with Crippen molar-refractivity contribution in [2.24, 2.45) is 17.8 Å². The highest BCUT2D eigenvalue weighted by Gasteiger charge is 2.39. The second-order valence-corrected chi connectivity index (χ2v) is 8.31. The first-order valence-corrected chi connectivity index (χ1v) is 11.1. The van der Waals surface area contributed by atoms with Crippen molar-refractivity contribution in [2.45, 2.75) is 64.4 Å². The molecule has 7 nitrogen and oxygen atoms in total. The van der Waals surface area contributed by atoms with Gasteiger partial charge in [0.2, 0.25) is 12.3 Å². The molecule has 188 valence electrons. The number of nitrogens with one attached hydrogen (secondary N) is 2. The lowest BCUT2D eigenvalue weighted by molar-refractivity contribution is -0.274. The first-order valence-electron chi connectivity index (χ1n) is 11.1. The van der Waals surface area contributed by atoms with Gasteiger partial charge in [0.05, 0.1) is 5.92 Å². The first kappa shape index (κ1) is 27.3. The van der Waals surface area contributed by atoms with E-state index in [1.165, 1.54) is 12.1 Å². The lowest BCUT2D eigenvalue weighted by Crippen LogP contribution is -2.40. The highest BCUT2D eigenvalue weighted by molar-refractivity contribution is 5.96. The van der Waals surface area contributed by atoms with Gasteiger partial charge in [-0.3, -0.25) is 24.5 Å². The van der Waals surface area contributed by atoms with E-state index >= 15 is 0 Å². The van der Waals surface area contributed by atoms with E-state index in [9.17, 15) is 36.7 Å². The Hall–Kier alpha value is -2.98. The number of carbonyl (C=O) groups is 4. The average molecular weight is 488 g/mol. The van der Waals surface area contributed by atoms with Gasteiger partial charge in [-0.05, 0) is 37.3 Å². The van der Waals surface area contributed by atoms with E-state index in [2.05, 4.69) is 10.1 Å². The largest absolute Gasteiger partial charge is 0.573 e. The van der Waals surface area contributed by atoms with Gasteiger partial charge in [-0.1, -0.05) is 32.3 Å². The maximum atomic E-state index is 14.6. The van der Waals surface area contributed by atoms with Crippen molar-refractivity contribution in [3.63, 3.8) is 0 Å². The highest BCUT2D eigenvalue weighted by Crippen LogP contribution is 2.37. The molecule has 0 bridgehead atoms. The summed E-state index contributed by atoms with van der Waals surface area (Å²) in [6.45, 7) is 1.85. The van der Waals surface area contributed by atoms with Crippen LogP contribution < -0.4 is 15.4 Å². The number of hydrogen-bond acceptors (Lipinski definition) is 5. The van der Waals surface area contributed by atoms with Crippen LogP contribution >= 0.6 is 0 Å². The van der Waals surface area contributed by atoms with E-state index in [4.69, 9.17) is 0 Å². The summed E-state index contributed by atoms with van der Waals surface area (Å²) in [6.07, 6.45) is -4.12. The number of anilines is 1. The molecule has 2 N–H and O–H groups in total. The zero-order chi connectivity index (χ0) is 25.3. The Balaban J connectivity index is 2.06. The number of Topliss-reactive ketones (excluding diaryl/α,β-unsaturated/α-hetero) is 1. The molecular formula is C23H28F4N2O5. The van der Waals surface area contributed by atoms with Gasteiger partial charge in [-0.2, -0.15) is 0 Å². The third-order valence-corrected chi connectivity index (χ3v) is 5.88. The number of ether oxygens (including phenoxy) is 1. The van der Waals surface area contributed by atoms with Crippen LogP contribution in [0, 0.1) is 17.8 Å². The Morgan fingerprint density at radius 2 is 1.97 bits per heavy atom. The fourth-order valence-electron chi connectivity index (χ4n) is 4.26. The van der Waals surface area contributed by atoms with Gasteiger partial charge in [0.25, 0.3) is 5.91 Å². The van der Waals surface area contributed by atoms with Crippen LogP contribution in [0.4, 0.5) is 23.2 Å². The number of benzene rings is 1. The van der Waals surface area contributed by atoms with Crippen molar-refractivity contribution in [3.8, 4) is 5.75 Å². The van der Waals surface area contributed by atoms with Crippen molar-refractivity contribution in [3.05, 3.63) is 24.3 Å². The normalized spacial score (nSPS) is 19.7. The Bertz CT molecular complexity index is 877. The van der Waals surface area contributed by atoms with Crippen molar-refractivity contribution in [2.75, 3.05) is 5.32 Å². The number of rotatable bonds is 12. The van der Waals surface area contributed by atoms with E-state index < -0.39 is 53.6 Å². The third-order valence-electron chi connectivity index (χ3n) is 5.88. The summed E-state index contributed by atoms with van der Waals surface area (Å²) in [4.78, 5) is 47.9. The Kier molecular flexibility index (Phi) is 10.0. The van der Waals surface area contributed by atoms with Crippen LogP contribution in [0.2, 0.25) is 0 Å². The monoisotopic (exact) mass is 488 g/mol. The molecule has 0 radical (unpaired) electrons. The molecule has 1 aromatic carbocycles. The maximum absolute atomic E-state index is 14.6. The van der Waals surface area contributed by atoms with Crippen LogP contribution in [-0.2, 0) is 19.2 Å². The van der Waals surface area contributed by atoms with Crippen LogP contribution in [0.5, 0.6) is 5.75 Å².